The number of rotatable bonds is 4. The van der Waals surface area contributed by atoms with Gasteiger partial charge >= 0.3 is 0 Å². The Morgan fingerprint density at radius 3 is 2.25 bits per heavy atom. The number of benzene rings is 1. The van der Waals surface area contributed by atoms with Crippen molar-refractivity contribution in [2.45, 2.75) is 26.2 Å². The Labute approximate surface area is 94.2 Å². The molecule has 0 aliphatic heterocycles. The zero-order valence-electron chi connectivity index (χ0n) is 9.93. The van der Waals surface area contributed by atoms with Crippen molar-refractivity contribution in [1.29, 1.82) is 0 Å². The van der Waals surface area contributed by atoms with Gasteiger partial charge in [-0.05, 0) is 18.6 Å². The Balaban J connectivity index is 3.38. The second-order valence-corrected chi connectivity index (χ2v) is 3.58. The molecule has 1 aromatic carbocycles. The Hall–Kier alpha value is -1.32. The molecule has 0 heterocycles. The number of hydrogen-bond acceptors (Lipinski definition) is 2. The average Bonchev–Trinajstić information content (AvgIpc) is 2.27. The summed E-state index contributed by atoms with van der Waals surface area (Å²) in [7, 11) is 2.87. The highest BCUT2D eigenvalue weighted by Gasteiger charge is 2.34. The summed E-state index contributed by atoms with van der Waals surface area (Å²) >= 11 is 0. The first-order valence-corrected chi connectivity index (χ1v) is 5.07. The summed E-state index contributed by atoms with van der Waals surface area (Å²) in [5.41, 5.74) is 0.418. The van der Waals surface area contributed by atoms with Crippen LogP contribution in [0.2, 0.25) is 0 Å². The summed E-state index contributed by atoms with van der Waals surface area (Å²) in [6, 6.07) is 3.06. The molecule has 0 aliphatic rings. The summed E-state index contributed by atoms with van der Waals surface area (Å²) < 4.78 is 37.4. The van der Waals surface area contributed by atoms with Crippen LogP contribution in [0, 0.1) is 6.92 Å². The molecule has 1 aromatic rings. The quantitative estimate of drug-likeness (QED) is 0.788. The van der Waals surface area contributed by atoms with Crippen molar-refractivity contribution >= 4 is 0 Å². The van der Waals surface area contributed by atoms with Gasteiger partial charge in [-0.15, -0.1) is 0 Å². The van der Waals surface area contributed by atoms with Crippen LogP contribution >= 0.6 is 0 Å². The summed E-state index contributed by atoms with van der Waals surface area (Å²) in [6.45, 7) is 3.08. The SMILES string of the molecule is CCC(F)(F)c1c(C)cc(OC)cc1OC. The molecule has 0 N–H and O–H groups in total. The molecule has 0 amide bonds. The van der Waals surface area contributed by atoms with Gasteiger partial charge in [-0.1, -0.05) is 6.92 Å². The van der Waals surface area contributed by atoms with Gasteiger partial charge in [0.15, 0.2) is 0 Å². The molecule has 0 aliphatic carbocycles. The first-order chi connectivity index (χ1) is 7.46. The van der Waals surface area contributed by atoms with Crippen molar-refractivity contribution < 1.29 is 18.3 Å². The third-order valence-electron chi connectivity index (χ3n) is 2.54. The number of alkyl halides is 2. The Kier molecular flexibility index (Phi) is 3.73. The smallest absolute Gasteiger partial charge is 0.276 e. The molecule has 0 bridgehead atoms. The molecule has 0 unspecified atom stereocenters. The monoisotopic (exact) mass is 230 g/mol. The topological polar surface area (TPSA) is 18.5 Å². The molecule has 16 heavy (non-hydrogen) atoms. The van der Waals surface area contributed by atoms with E-state index >= 15 is 0 Å². The van der Waals surface area contributed by atoms with Crippen molar-refractivity contribution in [2.24, 2.45) is 0 Å². The molecule has 0 aromatic heterocycles. The molecule has 0 saturated heterocycles. The molecule has 0 atom stereocenters. The molecule has 1 rings (SSSR count). The molecule has 4 heteroatoms. The predicted molar refractivity (Wildman–Crippen MR) is 58.5 cm³/mol. The third-order valence-corrected chi connectivity index (χ3v) is 2.54. The van der Waals surface area contributed by atoms with E-state index in [2.05, 4.69) is 0 Å². The first kappa shape index (κ1) is 12.7. The van der Waals surface area contributed by atoms with E-state index in [9.17, 15) is 8.78 Å². The molecular formula is C12H16F2O2. The fourth-order valence-corrected chi connectivity index (χ4v) is 1.65. The lowest BCUT2D eigenvalue weighted by molar-refractivity contribution is -0.0111. The molecule has 0 fully saturated rings. The Bertz CT molecular complexity index is 376. The number of hydrogen-bond donors (Lipinski definition) is 0. The predicted octanol–water partition coefficient (Wildman–Crippen LogP) is 3.51. The van der Waals surface area contributed by atoms with E-state index in [-0.39, 0.29) is 17.7 Å². The average molecular weight is 230 g/mol. The van der Waals surface area contributed by atoms with E-state index in [1.165, 1.54) is 27.2 Å². The summed E-state index contributed by atoms with van der Waals surface area (Å²) in [5.74, 6) is -2.18. The van der Waals surface area contributed by atoms with Gasteiger partial charge in [0.1, 0.15) is 11.5 Å². The standard InChI is InChI=1S/C12H16F2O2/c1-5-12(13,14)11-8(2)6-9(15-3)7-10(11)16-4/h6-7H,5H2,1-4H3. The lowest BCUT2D eigenvalue weighted by Gasteiger charge is -2.20. The highest BCUT2D eigenvalue weighted by Crippen LogP contribution is 2.41. The van der Waals surface area contributed by atoms with Gasteiger partial charge in [0, 0.05) is 12.5 Å². The fraction of sp³-hybridized carbons (Fsp3) is 0.500. The van der Waals surface area contributed by atoms with Crippen LogP contribution in [-0.2, 0) is 5.92 Å². The molecule has 2 nitrogen and oxygen atoms in total. The van der Waals surface area contributed by atoms with Crippen LogP contribution in [0.5, 0.6) is 11.5 Å². The van der Waals surface area contributed by atoms with Crippen LogP contribution in [-0.4, -0.2) is 14.2 Å². The van der Waals surface area contributed by atoms with Crippen LogP contribution in [0.25, 0.3) is 0 Å². The van der Waals surface area contributed by atoms with Crippen LogP contribution in [0.3, 0.4) is 0 Å². The van der Waals surface area contributed by atoms with Gasteiger partial charge in [-0.2, -0.15) is 0 Å². The van der Waals surface area contributed by atoms with Gasteiger partial charge in [0.05, 0.1) is 19.8 Å². The molecular weight excluding hydrogens is 214 g/mol. The van der Waals surface area contributed by atoms with Crippen molar-refractivity contribution in [3.05, 3.63) is 23.3 Å². The Morgan fingerprint density at radius 2 is 1.81 bits per heavy atom. The molecule has 90 valence electrons. The summed E-state index contributed by atoms with van der Waals surface area (Å²) in [5, 5.41) is 0. The summed E-state index contributed by atoms with van der Waals surface area (Å²) in [6.07, 6.45) is -0.253. The van der Waals surface area contributed by atoms with E-state index in [1.54, 1.807) is 13.0 Å². The highest BCUT2D eigenvalue weighted by molar-refractivity contribution is 5.48. The maximum atomic E-state index is 13.7. The van der Waals surface area contributed by atoms with Gasteiger partial charge < -0.3 is 9.47 Å². The van der Waals surface area contributed by atoms with Crippen molar-refractivity contribution in [3.8, 4) is 11.5 Å². The number of aryl methyl sites for hydroxylation is 1. The van der Waals surface area contributed by atoms with Crippen molar-refractivity contribution in [2.75, 3.05) is 14.2 Å². The lowest BCUT2D eigenvalue weighted by Crippen LogP contribution is -2.15. The van der Waals surface area contributed by atoms with E-state index in [0.29, 0.717) is 11.3 Å². The number of ether oxygens (including phenoxy) is 2. The molecule has 0 spiro atoms. The lowest BCUT2D eigenvalue weighted by atomic mass is 9.99. The molecule has 0 saturated carbocycles. The number of halogens is 2. The Morgan fingerprint density at radius 1 is 1.19 bits per heavy atom. The van der Waals surface area contributed by atoms with Gasteiger partial charge in [-0.25, -0.2) is 8.78 Å². The minimum atomic E-state index is -2.87. The minimum Gasteiger partial charge on any atom is -0.497 e. The largest absolute Gasteiger partial charge is 0.497 e. The van der Waals surface area contributed by atoms with Crippen molar-refractivity contribution in [1.82, 2.24) is 0 Å². The second-order valence-electron chi connectivity index (χ2n) is 3.58. The maximum Gasteiger partial charge on any atom is 0.276 e. The maximum absolute atomic E-state index is 13.7. The van der Waals surface area contributed by atoms with Crippen LogP contribution < -0.4 is 9.47 Å². The first-order valence-electron chi connectivity index (χ1n) is 5.07. The van der Waals surface area contributed by atoms with E-state index < -0.39 is 5.92 Å². The van der Waals surface area contributed by atoms with Gasteiger partial charge in [0.2, 0.25) is 0 Å². The summed E-state index contributed by atoms with van der Waals surface area (Å²) in [4.78, 5) is 0. The van der Waals surface area contributed by atoms with Crippen LogP contribution in [0.4, 0.5) is 8.78 Å². The zero-order chi connectivity index (χ0) is 12.3. The minimum absolute atomic E-state index is 0.0571. The normalized spacial score (nSPS) is 11.4. The van der Waals surface area contributed by atoms with E-state index in [0.717, 1.165) is 0 Å². The molecule has 0 radical (unpaired) electrons. The van der Waals surface area contributed by atoms with Crippen LogP contribution in [0.1, 0.15) is 24.5 Å². The third kappa shape index (κ3) is 2.26. The fourth-order valence-electron chi connectivity index (χ4n) is 1.65. The van der Waals surface area contributed by atoms with E-state index in [4.69, 9.17) is 9.47 Å². The highest BCUT2D eigenvalue weighted by atomic mass is 19.3. The zero-order valence-corrected chi connectivity index (χ0v) is 9.93. The second kappa shape index (κ2) is 4.68. The van der Waals surface area contributed by atoms with Gasteiger partial charge in [0.25, 0.3) is 5.92 Å². The number of methoxy groups -OCH3 is 2. The van der Waals surface area contributed by atoms with E-state index in [1.807, 2.05) is 0 Å². The van der Waals surface area contributed by atoms with Gasteiger partial charge in [-0.3, -0.25) is 0 Å². The van der Waals surface area contributed by atoms with Crippen LogP contribution in [0.15, 0.2) is 12.1 Å². The van der Waals surface area contributed by atoms with Crippen molar-refractivity contribution in [3.63, 3.8) is 0 Å².